The number of halogens is 1. The molecule has 0 radical (unpaired) electrons. The highest BCUT2D eigenvalue weighted by atomic mass is 79.9. The van der Waals surface area contributed by atoms with Crippen LogP contribution in [0.2, 0.25) is 0 Å². The molecule has 230 valence electrons. The summed E-state index contributed by atoms with van der Waals surface area (Å²) in [4.78, 5) is 41.3. The average Bonchev–Trinajstić information content (AvgIpc) is 3.26. The van der Waals surface area contributed by atoms with Gasteiger partial charge in [0.1, 0.15) is 6.04 Å². The molecule has 1 aromatic carbocycles. The molecule has 6 atom stereocenters. The van der Waals surface area contributed by atoms with Gasteiger partial charge in [0.2, 0.25) is 5.91 Å². The number of nitrogens with zero attached hydrogens (tertiary/aromatic N) is 2. The Labute approximate surface area is 255 Å². The van der Waals surface area contributed by atoms with Crippen LogP contribution in [0.25, 0.3) is 0 Å². The van der Waals surface area contributed by atoms with Gasteiger partial charge in [0.15, 0.2) is 5.03 Å². The Hall–Kier alpha value is -2.71. The van der Waals surface area contributed by atoms with E-state index in [2.05, 4.69) is 66.2 Å². The number of carbonyl (C=O) groups excluding carboxylic acids is 2. The molecule has 2 bridgehead atoms. The molecule has 42 heavy (non-hydrogen) atoms. The van der Waals surface area contributed by atoms with Crippen LogP contribution in [0.1, 0.15) is 77.1 Å². The Bertz CT molecular complexity index is 1200. The normalized spacial score (nSPS) is 27.5. The van der Waals surface area contributed by atoms with Crippen LogP contribution < -0.4 is 21.8 Å². The summed E-state index contributed by atoms with van der Waals surface area (Å²) in [6.45, 7) is 11.1. The summed E-state index contributed by atoms with van der Waals surface area (Å²) < 4.78 is 14.0. The molecule has 3 saturated carbocycles. The smallest absolute Gasteiger partial charge is 0.404 e. The first-order valence-corrected chi connectivity index (χ1v) is 15.4. The summed E-state index contributed by atoms with van der Waals surface area (Å²) >= 11 is 3.37. The lowest BCUT2D eigenvalue weighted by Gasteiger charge is -2.64. The Balaban J connectivity index is 1.47. The summed E-state index contributed by atoms with van der Waals surface area (Å²) in [7, 11) is -0.595. The van der Waals surface area contributed by atoms with Crippen LogP contribution >= 0.6 is 15.9 Å². The van der Waals surface area contributed by atoms with Crippen LogP contribution in [-0.4, -0.2) is 60.2 Å². The molecular weight excluding hydrogens is 607 g/mol. The van der Waals surface area contributed by atoms with Gasteiger partial charge in [-0.2, -0.15) is 0 Å². The molecule has 4 fully saturated rings. The number of nitro groups is 1. The van der Waals surface area contributed by atoms with E-state index < -0.39 is 35.6 Å². The molecule has 1 saturated heterocycles. The van der Waals surface area contributed by atoms with Crippen LogP contribution in [0, 0.1) is 33.3 Å². The van der Waals surface area contributed by atoms with Crippen molar-refractivity contribution in [2.75, 3.05) is 6.54 Å². The van der Waals surface area contributed by atoms with Crippen LogP contribution in [0.5, 0.6) is 0 Å². The van der Waals surface area contributed by atoms with Crippen LogP contribution in [0.15, 0.2) is 33.7 Å². The molecule has 3 aliphatic carbocycles. The van der Waals surface area contributed by atoms with Crippen molar-refractivity contribution in [3.8, 4) is 0 Å². The maximum atomic E-state index is 13.7. The van der Waals surface area contributed by atoms with E-state index in [9.17, 15) is 19.7 Å². The first-order chi connectivity index (χ1) is 19.7. The quantitative estimate of drug-likeness (QED) is 0.0668. The third kappa shape index (κ3) is 7.08. The minimum Gasteiger partial charge on any atom is -0.404 e. The van der Waals surface area contributed by atoms with Crippen LogP contribution in [0.3, 0.4) is 0 Å². The number of hydrogen-bond donors (Lipinski definition) is 4. The maximum absolute atomic E-state index is 13.7. The molecule has 5 N–H and O–H groups in total. The molecule has 1 aromatic rings. The zero-order valence-corrected chi connectivity index (χ0v) is 26.5. The Morgan fingerprint density at radius 1 is 1.21 bits per heavy atom. The lowest BCUT2D eigenvalue weighted by molar-refractivity contribution is -0.525. The van der Waals surface area contributed by atoms with E-state index in [4.69, 9.17) is 15.0 Å². The molecule has 1 heterocycles. The number of guanidine groups is 1. The van der Waals surface area contributed by atoms with Gasteiger partial charge in [0.25, 0.3) is 11.9 Å². The topological polar surface area (TPSA) is 170 Å². The van der Waals surface area contributed by atoms with Crippen LogP contribution in [0.4, 0.5) is 0 Å². The van der Waals surface area contributed by atoms with Gasteiger partial charge in [-0.1, -0.05) is 49.1 Å². The molecule has 0 aromatic heterocycles. The van der Waals surface area contributed by atoms with E-state index in [1.54, 1.807) is 29.7 Å². The fraction of sp³-hybridized carbons (Fsp3) is 0.679. The van der Waals surface area contributed by atoms with E-state index in [0.29, 0.717) is 30.2 Å². The second-order valence-electron chi connectivity index (χ2n) is 12.9. The number of nitrogens with one attached hydrogen (secondary N) is 3. The number of carbonyl (C=O) groups is 2. The summed E-state index contributed by atoms with van der Waals surface area (Å²) in [6, 6.07) is 5.95. The van der Waals surface area contributed by atoms with Crippen LogP contribution in [-0.2, 0) is 14.1 Å². The van der Waals surface area contributed by atoms with E-state index >= 15 is 0 Å². The number of rotatable bonds is 12. The lowest BCUT2D eigenvalue weighted by atomic mass is 9.43. The lowest BCUT2D eigenvalue weighted by Crippen LogP contribution is -2.65. The molecular formula is C28H42BBrN6O6. The molecule has 4 aliphatic rings. The molecule has 12 nitrogen and oxygen atoms in total. The molecule has 0 spiro atoms. The monoisotopic (exact) mass is 648 g/mol. The van der Waals surface area contributed by atoms with Crippen molar-refractivity contribution in [1.29, 1.82) is 0 Å². The zero-order valence-electron chi connectivity index (χ0n) is 24.9. The maximum Gasteiger partial charge on any atom is 0.481 e. The van der Waals surface area contributed by atoms with Gasteiger partial charge < -0.3 is 25.7 Å². The van der Waals surface area contributed by atoms with Gasteiger partial charge in [-0.15, -0.1) is 0 Å². The van der Waals surface area contributed by atoms with E-state index in [1.807, 2.05) is 0 Å². The number of aliphatic imine (C=N–C) groups is 1. The van der Waals surface area contributed by atoms with Crippen molar-refractivity contribution >= 4 is 40.8 Å². The second-order valence-corrected chi connectivity index (χ2v) is 13.8. The van der Waals surface area contributed by atoms with E-state index in [1.165, 1.54) is 0 Å². The van der Waals surface area contributed by atoms with E-state index in [-0.39, 0.29) is 42.3 Å². The summed E-state index contributed by atoms with van der Waals surface area (Å²) in [5.41, 5.74) is 7.50. The van der Waals surface area contributed by atoms with Crippen molar-refractivity contribution in [3.63, 3.8) is 0 Å². The molecule has 5 rings (SSSR count). The SMILES string of the molecule is CC(C)C[C@H](NC(=O)[C@H](CCCN=C(N)N[N+](=O)[O-])NC(=O)c1ccc(Br)cc1)B1O[C@@H]2C[C@H]3C[C@H](C3(C)C)[C@]2(C)O1. The largest absolute Gasteiger partial charge is 0.481 e. The van der Waals surface area contributed by atoms with Crippen molar-refractivity contribution < 1.29 is 23.9 Å². The molecule has 0 unspecified atom stereocenters. The molecule has 14 heteroatoms. The molecule has 1 aliphatic heterocycles. The van der Waals surface area contributed by atoms with Gasteiger partial charge in [-0.05, 0) is 86.5 Å². The predicted octanol–water partition coefficient (Wildman–Crippen LogP) is 3.22. The fourth-order valence-electron chi connectivity index (χ4n) is 6.84. The Morgan fingerprint density at radius 2 is 1.90 bits per heavy atom. The Morgan fingerprint density at radius 3 is 2.52 bits per heavy atom. The summed E-state index contributed by atoms with van der Waals surface area (Å²) in [5.74, 6) is -0.237. The highest BCUT2D eigenvalue weighted by Crippen LogP contribution is 2.65. The van der Waals surface area contributed by atoms with Gasteiger partial charge in [-0.3, -0.25) is 9.59 Å². The highest BCUT2D eigenvalue weighted by molar-refractivity contribution is 9.10. The highest BCUT2D eigenvalue weighted by Gasteiger charge is 2.68. The predicted molar refractivity (Wildman–Crippen MR) is 163 cm³/mol. The van der Waals surface area contributed by atoms with Crippen molar-refractivity contribution in [2.24, 2.45) is 33.9 Å². The number of nitrogens with two attached hydrogens (primary N) is 1. The van der Waals surface area contributed by atoms with Crippen molar-refractivity contribution in [3.05, 3.63) is 44.4 Å². The number of hydrazine groups is 1. The van der Waals surface area contributed by atoms with Gasteiger partial charge in [0, 0.05) is 16.6 Å². The van der Waals surface area contributed by atoms with Gasteiger partial charge in [0.05, 0.1) is 17.6 Å². The third-order valence-corrected chi connectivity index (χ3v) is 9.75. The third-order valence-electron chi connectivity index (χ3n) is 9.22. The van der Waals surface area contributed by atoms with Crippen molar-refractivity contribution in [1.82, 2.24) is 16.1 Å². The second kappa shape index (κ2) is 12.9. The standard InChI is InChI=1S/C28H42BBrN6O6/c1-16(2)13-23(29-41-22-15-18-14-21(27(18,3)4)28(22,5)42-29)34-25(38)20(7-6-12-32-26(31)35-36(39)40)33-24(37)17-8-10-19(30)11-9-17/h8-11,16,18,20-23H,6-7,12-15H2,1-5H3,(H,33,37)(H,34,38)(H3,31,32,35)/t18-,20+,21-,22-,23+,28+/m1/s1. The van der Waals surface area contributed by atoms with E-state index in [0.717, 1.165) is 17.3 Å². The first-order valence-electron chi connectivity index (χ1n) is 14.6. The molecule has 2 amide bonds. The minimum atomic E-state index is -0.887. The number of benzene rings is 1. The minimum absolute atomic E-state index is 0.0187. The number of amides is 2. The van der Waals surface area contributed by atoms with Crippen molar-refractivity contribution in [2.45, 2.75) is 90.4 Å². The average molecular weight is 649 g/mol. The zero-order chi connectivity index (χ0) is 30.8. The first kappa shape index (κ1) is 32.2. The number of hydrogen-bond acceptors (Lipinski definition) is 7. The fourth-order valence-corrected chi connectivity index (χ4v) is 7.10. The summed E-state index contributed by atoms with van der Waals surface area (Å²) in [6.07, 6.45) is 3.28. The Kier molecular flexibility index (Phi) is 9.88. The summed E-state index contributed by atoms with van der Waals surface area (Å²) in [5, 5.41) is 15.8. The van der Waals surface area contributed by atoms with Gasteiger partial charge >= 0.3 is 7.12 Å². The van der Waals surface area contributed by atoms with Gasteiger partial charge in [-0.25, -0.2) is 15.1 Å².